The van der Waals surface area contributed by atoms with Gasteiger partial charge in [0, 0.05) is 0 Å². The minimum atomic E-state index is 0.0703. The molecule has 0 unspecified atom stereocenters. The Balaban J connectivity index is 2.84. The minimum Gasteiger partial charge on any atom is -0.508 e. The third kappa shape index (κ3) is 2.40. The van der Waals surface area contributed by atoms with E-state index >= 15 is 0 Å². The van der Waals surface area contributed by atoms with Crippen molar-refractivity contribution in [3.63, 3.8) is 0 Å². The second kappa shape index (κ2) is 3.93. The van der Waals surface area contributed by atoms with Crippen LogP contribution in [0.25, 0.3) is 6.08 Å². The maximum Gasteiger partial charge on any atom is 0.115 e. The van der Waals surface area contributed by atoms with Gasteiger partial charge in [-0.15, -0.1) is 0 Å². The fourth-order valence-electron chi connectivity index (χ4n) is 0.901. The van der Waals surface area contributed by atoms with Crippen LogP contribution in [-0.4, -0.2) is 16.8 Å². The Morgan fingerprint density at radius 1 is 1.33 bits per heavy atom. The lowest BCUT2D eigenvalue weighted by atomic mass is 10.1. The molecule has 0 spiro atoms. The van der Waals surface area contributed by atoms with Gasteiger partial charge in [0.2, 0.25) is 0 Å². The van der Waals surface area contributed by atoms with Crippen LogP contribution in [0.3, 0.4) is 0 Å². The van der Waals surface area contributed by atoms with Gasteiger partial charge in [-0.3, -0.25) is 0 Å². The molecule has 0 saturated heterocycles. The molecule has 0 aliphatic heterocycles. The van der Waals surface area contributed by atoms with Gasteiger partial charge in [0.05, 0.1) is 6.61 Å². The summed E-state index contributed by atoms with van der Waals surface area (Å²) in [4.78, 5) is 0. The molecule has 0 saturated carbocycles. The number of rotatable bonds is 2. The number of aliphatic hydroxyl groups is 1. The Labute approximate surface area is 71.8 Å². The van der Waals surface area contributed by atoms with Crippen LogP contribution in [0.15, 0.2) is 29.8 Å². The summed E-state index contributed by atoms with van der Waals surface area (Å²) in [6.07, 6.45) is 1.87. The predicted molar refractivity (Wildman–Crippen MR) is 48.8 cm³/mol. The first-order chi connectivity index (χ1) is 5.72. The molecular weight excluding hydrogens is 152 g/mol. The summed E-state index contributed by atoms with van der Waals surface area (Å²) in [5.41, 5.74) is 1.89. The molecule has 1 rings (SSSR count). The van der Waals surface area contributed by atoms with Crippen molar-refractivity contribution >= 4 is 6.08 Å². The second-order valence-electron chi connectivity index (χ2n) is 2.74. The van der Waals surface area contributed by atoms with Gasteiger partial charge in [-0.1, -0.05) is 18.2 Å². The number of hydrogen-bond acceptors (Lipinski definition) is 2. The van der Waals surface area contributed by atoms with E-state index in [9.17, 15) is 0 Å². The van der Waals surface area contributed by atoms with Gasteiger partial charge in [-0.2, -0.15) is 0 Å². The van der Waals surface area contributed by atoms with E-state index in [-0.39, 0.29) is 12.4 Å². The Hall–Kier alpha value is -1.28. The summed E-state index contributed by atoms with van der Waals surface area (Å²) in [5, 5.41) is 17.7. The first-order valence-corrected chi connectivity index (χ1v) is 3.79. The average molecular weight is 164 g/mol. The normalized spacial score (nSPS) is 11.7. The van der Waals surface area contributed by atoms with Gasteiger partial charge in [-0.05, 0) is 30.2 Å². The molecule has 0 atom stereocenters. The SMILES string of the molecule is CC(=Cc1ccc(O)cc1)CO. The lowest BCUT2D eigenvalue weighted by Crippen LogP contribution is -1.83. The highest BCUT2D eigenvalue weighted by atomic mass is 16.3. The summed E-state index contributed by atoms with van der Waals surface area (Å²) in [6, 6.07) is 6.84. The van der Waals surface area contributed by atoms with Crippen LogP contribution in [-0.2, 0) is 0 Å². The Morgan fingerprint density at radius 3 is 2.42 bits per heavy atom. The first-order valence-electron chi connectivity index (χ1n) is 3.79. The molecular formula is C10H12O2. The van der Waals surface area contributed by atoms with Crippen LogP contribution >= 0.6 is 0 Å². The zero-order valence-electron chi connectivity index (χ0n) is 6.99. The van der Waals surface area contributed by atoms with Crippen molar-refractivity contribution in [2.75, 3.05) is 6.61 Å². The van der Waals surface area contributed by atoms with Crippen LogP contribution in [0, 0.1) is 0 Å². The molecule has 0 heterocycles. The van der Waals surface area contributed by atoms with Crippen LogP contribution in [0.1, 0.15) is 12.5 Å². The average Bonchev–Trinajstić information content (AvgIpc) is 2.09. The smallest absolute Gasteiger partial charge is 0.115 e. The molecule has 2 nitrogen and oxygen atoms in total. The summed E-state index contributed by atoms with van der Waals surface area (Å²) in [5.74, 6) is 0.258. The maximum absolute atomic E-state index is 8.98. The third-order valence-electron chi connectivity index (χ3n) is 1.56. The number of aromatic hydroxyl groups is 1. The Kier molecular flexibility index (Phi) is 2.88. The molecule has 2 N–H and O–H groups in total. The molecule has 0 bridgehead atoms. The first kappa shape index (κ1) is 8.81. The van der Waals surface area contributed by atoms with Gasteiger partial charge in [0.15, 0.2) is 0 Å². The molecule has 0 amide bonds. The fourth-order valence-corrected chi connectivity index (χ4v) is 0.901. The van der Waals surface area contributed by atoms with Gasteiger partial charge >= 0.3 is 0 Å². The molecule has 0 aliphatic carbocycles. The number of benzene rings is 1. The highest BCUT2D eigenvalue weighted by Gasteiger charge is 1.90. The van der Waals surface area contributed by atoms with E-state index in [4.69, 9.17) is 10.2 Å². The quantitative estimate of drug-likeness (QED) is 0.699. The minimum absolute atomic E-state index is 0.0703. The van der Waals surface area contributed by atoms with Crippen molar-refractivity contribution < 1.29 is 10.2 Å². The standard InChI is InChI=1S/C10H12O2/c1-8(7-11)6-9-2-4-10(12)5-3-9/h2-6,11-12H,7H2,1H3. The molecule has 0 aromatic heterocycles. The lowest BCUT2D eigenvalue weighted by molar-refractivity contribution is 0.332. The van der Waals surface area contributed by atoms with Crippen molar-refractivity contribution in [3.05, 3.63) is 35.4 Å². The summed E-state index contributed by atoms with van der Waals surface area (Å²) in [6.45, 7) is 1.92. The molecule has 1 aromatic rings. The Morgan fingerprint density at radius 2 is 1.92 bits per heavy atom. The van der Waals surface area contributed by atoms with E-state index in [0.29, 0.717) is 0 Å². The third-order valence-corrected chi connectivity index (χ3v) is 1.56. The van der Waals surface area contributed by atoms with E-state index in [2.05, 4.69) is 0 Å². The van der Waals surface area contributed by atoms with Crippen LogP contribution in [0.4, 0.5) is 0 Å². The van der Waals surface area contributed by atoms with Crippen molar-refractivity contribution in [1.82, 2.24) is 0 Å². The number of phenolic OH excluding ortho intramolecular Hbond substituents is 1. The topological polar surface area (TPSA) is 40.5 Å². The van der Waals surface area contributed by atoms with Gasteiger partial charge in [0.1, 0.15) is 5.75 Å². The largest absolute Gasteiger partial charge is 0.508 e. The van der Waals surface area contributed by atoms with E-state index < -0.39 is 0 Å². The van der Waals surface area contributed by atoms with E-state index in [1.54, 1.807) is 24.3 Å². The van der Waals surface area contributed by atoms with E-state index in [1.165, 1.54) is 0 Å². The van der Waals surface area contributed by atoms with Crippen LogP contribution < -0.4 is 0 Å². The van der Waals surface area contributed by atoms with E-state index in [0.717, 1.165) is 11.1 Å². The zero-order valence-corrected chi connectivity index (χ0v) is 6.99. The highest BCUT2D eigenvalue weighted by Crippen LogP contribution is 2.12. The summed E-state index contributed by atoms with van der Waals surface area (Å²) in [7, 11) is 0. The van der Waals surface area contributed by atoms with E-state index in [1.807, 2.05) is 13.0 Å². The molecule has 0 radical (unpaired) electrons. The van der Waals surface area contributed by atoms with Crippen LogP contribution in [0.2, 0.25) is 0 Å². The molecule has 0 fully saturated rings. The fraction of sp³-hybridized carbons (Fsp3) is 0.200. The summed E-state index contributed by atoms with van der Waals surface area (Å²) < 4.78 is 0. The van der Waals surface area contributed by atoms with Gasteiger partial charge in [-0.25, -0.2) is 0 Å². The number of aliphatic hydroxyl groups excluding tert-OH is 1. The number of phenols is 1. The highest BCUT2D eigenvalue weighted by molar-refractivity contribution is 5.53. The van der Waals surface area contributed by atoms with Crippen molar-refractivity contribution in [2.24, 2.45) is 0 Å². The molecule has 12 heavy (non-hydrogen) atoms. The van der Waals surface area contributed by atoms with Gasteiger partial charge < -0.3 is 10.2 Å². The predicted octanol–water partition coefficient (Wildman–Crippen LogP) is 1.79. The van der Waals surface area contributed by atoms with Crippen molar-refractivity contribution in [2.45, 2.75) is 6.92 Å². The Bertz CT molecular complexity index is 272. The van der Waals surface area contributed by atoms with Crippen molar-refractivity contribution in [1.29, 1.82) is 0 Å². The molecule has 1 aromatic carbocycles. The number of hydrogen-bond donors (Lipinski definition) is 2. The lowest BCUT2D eigenvalue weighted by Gasteiger charge is -1.96. The summed E-state index contributed by atoms with van der Waals surface area (Å²) >= 11 is 0. The molecule has 2 heteroatoms. The van der Waals surface area contributed by atoms with Crippen LogP contribution in [0.5, 0.6) is 5.75 Å². The zero-order chi connectivity index (χ0) is 8.97. The molecule has 0 aliphatic rings. The second-order valence-corrected chi connectivity index (χ2v) is 2.74. The van der Waals surface area contributed by atoms with Gasteiger partial charge in [0.25, 0.3) is 0 Å². The van der Waals surface area contributed by atoms with Crippen molar-refractivity contribution in [3.8, 4) is 5.75 Å². The monoisotopic (exact) mass is 164 g/mol. The maximum atomic E-state index is 8.98. The molecule has 64 valence electrons.